The number of hydrogen-bond acceptors (Lipinski definition) is 2. The monoisotopic (exact) mass is 268 g/mol. The van der Waals surface area contributed by atoms with Gasteiger partial charge in [-0.25, -0.2) is 0 Å². The minimum atomic E-state index is 0.693. The average Bonchev–Trinajstić information content (AvgIpc) is 2.64. The highest BCUT2D eigenvalue weighted by molar-refractivity contribution is 4.75. The highest BCUT2D eigenvalue weighted by atomic mass is 15.2. The lowest BCUT2D eigenvalue weighted by Crippen LogP contribution is -2.41. The Morgan fingerprint density at radius 3 is 2.74 bits per heavy atom. The van der Waals surface area contributed by atoms with Gasteiger partial charge in [0.2, 0.25) is 0 Å². The molecule has 1 rings (SSSR count). The van der Waals surface area contributed by atoms with E-state index in [1.54, 1.807) is 0 Å². The van der Waals surface area contributed by atoms with Gasteiger partial charge >= 0.3 is 0 Å². The number of likely N-dealkylation sites (tertiary alicyclic amines) is 1. The molecule has 0 radical (unpaired) electrons. The maximum Gasteiger partial charge on any atom is 0.0110 e. The van der Waals surface area contributed by atoms with Gasteiger partial charge in [0.1, 0.15) is 0 Å². The van der Waals surface area contributed by atoms with E-state index in [-0.39, 0.29) is 0 Å². The Morgan fingerprint density at radius 2 is 2.00 bits per heavy atom. The third-order valence-corrected chi connectivity index (χ3v) is 4.60. The Morgan fingerprint density at radius 1 is 1.16 bits per heavy atom. The van der Waals surface area contributed by atoms with Gasteiger partial charge in [0.15, 0.2) is 0 Å². The van der Waals surface area contributed by atoms with E-state index in [1.807, 2.05) is 0 Å². The SMILES string of the molecule is CCCCCC(C)NCCN1CCCCCC1CC. The molecule has 19 heavy (non-hydrogen) atoms. The Labute approximate surface area is 121 Å². The summed E-state index contributed by atoms with van der Waals surface area (Å²) in [7, 11) is 0. The zero-order valence-corrected chi connectivity index (χ0v) is 13.6. The van der Waals surface area contributed by atoms with Gasteiger partial charge in [-0.3, -0.25) is 4.90 Å². The van der Waals surface area contributed by atoms with Gasteiger partial charge in [-0.1, -0.05) is 46.0 Å². The van der Waals surface area contributed by atoms with Crippen LogP contribution in [-0.4, -0.2) is 36.6 Å². The van der Waals surface area contributed by atoms with Crippen LogP contribution in [0.3, 0.4) is 0 Å². The fourth-order valence-electron chi connectivity index (χ4n) is 3.25. The molecule has 1 saturated heterocycles. The lowest BCUT2D eigenvalue weighted by Gasteiger charge is -2.29. The summed E-state index contributed by atoms with van der Waals surface area (Å²) in [6.45, 7) is 10.7. The zero-order chi connectivity index (χ0) is 13.9. The van der Waals surface area contributed by atoms with E-state index >= 15 is 0 Å². The van der Waals surface area contributed by atoms with Crippen molar-refractivity contribution in [2.45, 2.75) is 90.6 Å². The van der Waals surface area contributed by atoms with Crippen LogP contribution in [0.25, 0.3) is 0 Å². The first-order valence-electron chi connectivity index (χ1n) is 8.75. The molecule has 1 heterocycles. The first-order valence-corrected chi connectivity index (χ1v) is 8.75. The predicted octanol–water partition coefficient (Wildman–Crippen LogP) is 4.20. The molecule has 0 aromatic heterocycles. The quantitative estimate of drug-likeness (QED) is 0.631. The van der Waals surface area contributed by atoms with E-state index in [2.05, 4.69) is 31.0 Å². The minimum absolute atomic E-state index is 0.693. The topological polar surface area (TPSA) is 15.3 Å². The van der Waals surface area contributed by atoms with Crippen molar-refractivity contribution in [3.63, 3.8) is 0 Å². The fraction of sp³-hybridized carbons (Fsp3) is 1.00. The predicted molar refractivity (Wildman–Crippen MR) is 85.7 cm³/mol. The lowest BCUT2D eigenvalue weighted by molar-refractivity contribution is 0.193. The zero-order valence-electron chi connectivity index (χ0n) is 13.6. The van der Waals surface area contributed by atoms with Crippen LogP contribution in [-0.2, 0) is 0 Å². The van der Waals surface area contributed by atoms with E-state index in [4.69, 9.17) is 0 Å². The van der Waals surface area contributed by atoms with E-state index < -0.39 is 0 Å². The van der Waals surface area contributed by atoms with Crippen molar-refractivity contribution < 1.29 is 0 Å². The second-order valence-electron chi connectivity index (χ2n) is 6.30. The van der Waals surface area contributed by atoms with Crippen LogP contribution >= 0.6 is 0 Å². The van der Waals surface area contributed by atoms with Crippen molar-refractivity contribution in [3.05, 3.63) is 0 Å². The van der Waals surface area contributed by atoms with Crippen LogP contribution in [0.5, 0.6) is 0 Å². The van der Waals surface area contributed by atoms with Crippen LogP contribution in [0, 0.1) is 0 Å². The maximum absolute atomic E-state index is 3.71. The number of rotatable bonds is 9. The summed E-state index contributed by atoms with van der Waals surface area (Å²) in [5.74, 6) is 0. The number of nitrogens with one attached hydrogen (secondary N) is 1. The molecule has 0 aromatic rings. The largest absolute Gasteiger partial charge is 0.313 e. The van der Waals surface area contributed by atoms with Crippen LogP contribution in [0.4, 0.5) is 0 Å². The molecule has 2 heteroatoms. The molecule has 1 aliphatic rings. The summed E-state index contributed by atoms with van der Waals surface area (Å²) in [5.41, 5.74) is 0. The maximum atomic E-state index is 3.71. The van der Waals surface area contributed by atoms with Crippen LogP contribution in [0.15, 0.2) is 0 Å². The Hall–Kier alpha value is -0.0800. The van der Waals surface area contributed by atoms with Gasteiger partial charge in [0, 0.05) is 25.2 Å². The Balaban J connectivity index is 2.15. The lowest BCUT2D eigenvalue weighted by atomic mass is 10.1. The van der Waals surface area contributed by atoms with Crippen molar-refractivity contribution in [1.82, 2.24) is 10.2 Å². The summed E-state index contributed by atoms with van der Waals surface area (Å²) in [4.78, 5) is 2.73. The average molecular weight is 268 g/mol. The molecule has 114 valence electrons. The van der Waals surface area contributed by atoms with Gasteiger partial charge < -0.3 is 5.32 Å². The first kappa shape index (κ1) is 17.0. The minimum Gasteiger partial charge on any atom is -0.313 e. The van der Waals surface area contributed by atoms with Crippen molar-refractivity contribution >= 4 is 0 Å². The molecule has 0 bridgehead atoms. The molecule has 0 spiro atoms. The Kier molecular flexibility index (Phi) is 9.54. The Bertz CT molecular complexity index is 205. The molecular weight excluding hydrogens is 232 g/mol. The van der Waals surface area contributed by atoms with Crippen LogP contribution in [0.2, 0.25) is 0 Å². The molecule has 2 unspecified atom stereocenters. The second-order valence-corrected chi connectivity index (χ2v) is 6.30. The van der Waals surface area contributed by atoms with Crippen LogP contribution < -0.4 is 5.32 Å². The fourth-order valence-corrected chi connectivity index (χ4v) is 3.25. The molecule has 1 aliphatic heterocycles. The molecule has 2 nitrogen and oxygen atoms in total. The summed E-state index contributed by atoms with van der Waals surface area (Å²) < 4.78 is 0. The van der Waals surface area contributed by atoms with Gasteiger partial charge in [-0.2, -0.15) is 0 Å². The summed E-state index contributed by atoms with van der Waals surface area (Å²) >= 11 is 0. The molecule has 0 saturated carbocycles. The molecule has 0 aliphatic carbocycles. The highest BCUT2D eigenvalue weighted by Gasteiger charge is 2.18. The molecule has 1 fully saturated rings. The van der Waals surface area contributed by atoms with Gasteiger partial charge in [0.05, 0.1) is 0 Å². The molecule has 0 aromatic carbocycles. The summed E-state index contributed by atoms with van der Waals surface area (Å²) in [6.07, 6.45) is 12.5. The summed E-state index contributed by atoms with van der Waals surface area (Å²) in [6, 6.07) is 1.54. The summed E-state index contributed by atoms with van der Waals surface area (Å²) in [5, 5.41) is 3.71. The van der Waals surface area contributed by atoms with Crippen molar-refractivity contribution in [1.29, 1.82) is 0 Å². The van der Waals surface area contributed by atoms with Crippen LogP contribution in [0.1, 0.15) is 78.6 Å². The van der Waals surface area contributed by atoms with Crippen molar-refractivity contribution in [2.75, 3.05) is 19.6 Å². The van der Waals surface area contributed by atoms with E-state index in [0.717, 1.165) is 6.04 Å². The number of unbranched alkanes of at least 4 members (excludes halogenated alkanes) is 2. The third kappa shape index (κ3) is 7.31. The van der Waals surface area contributed by atoms with Crippen molar-refractivity contribution in [2.24, 2.45) is 0 Å². The highest BCUT2D eigenvalue weighted by Crippen LogP contribution is 2.18. The molecule has 0 amide bonds. The van der Waals surface area contributed by atoms with E-state index in [0.29, 0.717) is 6.04 Å². The van der Waals surface area contributed by atoms with Gasteiger partial charge in [0.25, 0.3) is 0 Å². The first-order chi connectivity index (χ1) is 9.27. The van der Waals surface area contributed by atoms with Gasteiger partial charge in [-0.15, -0.1) is 0 Å². The molecule has 1 N–H and O–H groups in total. The normalized spacial score (nSPS) is 23.2. The standard InChI is InChI=1S/C17H36N2/c1-4-6-8-11-16(3)18-13-15-19-14-10-7-9-12-17(19)5-2/h16-18H,4-15H2,1-3H3. The van der Waals surface area contributed by atoms with Crippen molar-refractivity contribution in [3.8, 4) is 0 Å². The number of nitrogens with zero attached hydrogens (tertiary/aromatic N) is 1. The number of hydrogen-bond donors (Lipinski definition) is 1. The molecule has 2 atom stereocenters. The van der Waals surface area contributed by atoms with E-state index in [1.165, 1.54) is 77.4 Å². The van der Waals surface area contributed by atoms with Gasteiger partial charge in [-0.05, 0) is 39.2 Å². The smallest absolute Gasteiger partial charge is 0.0110 e. The third-order valence-electron chi connectivity index (χ3n) is 4.60. The molecular formula is C17H36N2. The second kappa shape index (κ2) is 10.7. The van der Waals surface area contributed by atoms with E-state index in [9.17, 15) is 0 Å².